The quantitative estimate of drug-likeness (QED) is 0.765. The predicted octanol–water partition coefficient (Wildman–Crippen LogP) is 1.83. The number of hydrogen-bond acceptors (Lipinski definition) is 5. The van der Waals surface area contributed by atoms with Crippen LogP contribution in [0.2, 0.25) is 0 Å². The summed E-state index contributed by atoms with van der Waals surface area (Å²) < 4.78 is 40.1. The van der Waals surface area contributed by atoms with Crippen molar-refractivity contribution in [2.75, 3.05) is 13.2 Å². The molecule has 2 atom stereocenters. The van der Waals surface area contributed by atoms with Crippen molar-refractivity contribution in [3.8, 4) is 5.75 Å². The van der Waals surface area contributed by atoms with Gasteiger partial charge in [-0.15, -0.1) is 0 Å². The number of amides is 1. The summed E-state index contributed by atoms with van der Waals surface area (Å²) in [7, 11) is 0. The van der Waals surface area contributed by atoms with E-state index in [0.29, 0.717) is 5.56 Å². The lowest BCUT2D eigenvalue weighted by Gasteiger charge is -2.48. The minimum absolute atomic E-state index is 0.0137. The van der Waals surface area contributed by atoms with E-state index in [2.05, 4.69) is 5.32 Å². The van der Waals surface area contributed by atoms with Gasteiger partial charge in [-0.1, -0.05) is 30.3 Å². The number of benzene rings is 1. The summed E-state index contributed by atoms with van der Waals surface area (Å²) in [6, 6.07) is 7.63. The third kappa shape index (κ3) is 3.13. The molecule has 0 spiro atoms. The first-order valence-corrected chi connectivity index (χ1v) is 9.22. The fraction of sp³-hybridized carbons (Fsp3) is 0.350. The second-order valence-electron chi connectivity index (χ2n) is 7.17. The van der Waals surface area contributed by atoms with Crippen LogP contribution in [0.1, 0.15) is 38.9 Å². The number of aromatic carboxylic acids is 1. The molecular formula is C20H18F2N2O6. The van der Waals surface area contributed by atoms with Crippen LogP contribution in [-0.2, 0) is 11.3 Å². The molecule has 0 radical (unpaired) electrons. The molecule has 4 rings (SSSR count). The van der Waals surface area contributed by atoms with Gasteiger partial charge in [0.25, 0.3) is 12.3 Å². The van der Waals surface area contributed by atoms with Gasteiger partial charge < -0.3 is 24.5 Å². The minimum atomic E-state index is -2.93. The largest absolute Gasteiger partial charge is 0.483 e. The Hall–Kier alpha value is -3.27. The van der Waals surface area contributed by atoms with Crippen molar-refractivity contribution in [3.05, 3.63) is 63.6 Å². The maximum atomic E-state index is 14.0. The molecule has 30 heavy (non-hydrogen) atoms. The Balaban J connectivity index is 1.87. The first-order chi connectivity index (χ1) is 14.3. The molecule has 1 amide bonds. The van der Waals surface area contributed by atoms with E-state index in [0.717, 1.165) is 10.8 Å². The second kappa shape index (κ2) is 7.52. The molecule has 1 unspecified atom stereocenters. The number of nitrogens with zero attached hydrogens (tertiary/aromatic N) is 1. The van der Waals surface area contributed by atoms with Gasteiger partial charge in [0, 0.05) is 19.2 Å². The SMILES string of the molecule is O=C(O)c1cn2c(c(OCc3ccccc3)c1=O)C(=O)N[C@]1(C(F)F)CCOCC21. The number of rotatable bonds is 5. The molecule has 1 aromatic carbocycles. The van der Waals surface area contributed by atoms with E-state index >= 15 is 0 Å². The Morgan fingerprint density at radius 1 is 1.33 bits per heavy atom. The van der Waals surface area contributed by atoms with Gasteiger partial charge in [0.2, 0.25) is 5.43 Å². The van der Waals surface area contributed by atoms with E-state index in [9.17, 15) is 28.3 Å². The zero-order valence-corrected chi connectivity index (χ0v) is 15.6. The fourth-order valence-electron chi connectivity index (χ4n) is 3.90. The van der Waals surface area contributed by atoms with Crippen LogP contribution < -0.4 is 15.5 Å². The molecule has 1 aromatic heterocycles. The number of pyridine rings is 1. The molecule has 1 fully saturated rings. The Morgan fingerprint density at radius 2 is 2.07 bits per heavy atom. The molecule has 3 heterocycles. The zero-order valence-electron chi connectivity index (χ0n) is 15.6. The number of ether oxygens (including phenoxy) is 2. The lowest BCUT2D eigenvalue weighted by atomic mass is 9.82. The molecule has 0 aliphatic carbocycles. The monoisotopic (exact) mass is 420 g/mol. The zero-order chi connectivity index (χ0) is 21.5. The number of carbonyl (C=O) groups is 2. The van der Waals surface area contributed by atoms with Gasteiger partial charge in [-0.2, -0.15) is 0 Å². The number of carboxylic acids is 1. The highest BCUT2D eigenvalue weighted by Crippen LogP contribution is 2.41. The van der Waals surface area contributed by atoms with Crippen molar-refractivity contribution < 1.29 is 33.0 Å². The summed E-state index contributed by atoms with van der Waals surface area (Å²) in [6.07, 6.45) is -2.16. The van der Waals surface area contributed by atoms with Crippen molar-refractivity contribution >= 4 is 11.9 Å². The number of halogens is 2. The highest BCUT2D eigenvalue weighted by molar-refractivity contribution is 5.98. The molecule has 1 saturated heterocycles. The van der Waals surface area contributed by atoms with E-state index < -0.39 is 46.6 Å². The van der Waals surface area contributed by atoms with Crippen molar-refractivity contribution in [3.63, 3.8) is 0 Å². The first-order valence-electron chi connectivity index (χ1n) is 9.22. The number of aromatic nitrogens is 1. The topological polar surface area (TPSA) is 107 Å². The molecule has 158 valence electrons. The first kappa shape index (κ1) is 20.0. The lowest BCUT2D eigenvalue weighted by Crippen LogP contribution is -2.66. The van der Waals surface area contributed by atoms with Gasteiger partial charge in [0.1, 0.15) is 17.7 Å². The molecule has 2 N–H and O–H groups in total. The van der Waals surface area contributed by atoms with Gasteiger partial charge in [-0.3, -0.25) is 9.59 Å². The van der Waals surface area contributed by atoms with E-state index in [4.69, 9.17) is 9.47 Å². The van der Waals surface area contributed by atoms with Crippen LogP contribution in [0, 0.1) is 0 Å². The minimum Gasteiger partial charge on any atom is -0.483 e. The summed E-state index contributed by atoms with van der Waals surface area (Å²) in [6.45, 7) is -0.280. The number of carboxylic acid groups (broad SMARTS) is 1. The van der Waals surface area contributed by atoms with Crippen LogP contribution in [0.5, 0.6) is 5.75 Å². The molecule has 8 nitrogen and oxygen atoms in total. The number of alkyl halides is 2. The Bertz CT molecular complexity index is 1060. The van der Waals surface area contributed by atoms with Gasteiger partial charge >= 0.3 is 5.97 Å². The van der Waals surface area contributed by atoms with Crippen molar-refractivity contribution in [1.29, 1.82) is 0 Å². The van der Waals surface area contributed by atoms with Crippen LogP contribution in [0.25, 0.3) is 0 Å². The number of fused-ring (bicyclic) bond motifs is 3. The molecule has 0 bridgehead atoms. The van der Waals surface area contributed by atoms with Crippen molar-refractivity contribution in [2.45, 2.75) is 31.0 Å². The highest BCUT2D eigenvalue weighted by atomic mass is 19.3. The molecule has 10 heteroatoms. The summed E-state index contributed by atoms with van der Waals surface area (Å²) in [5, 5.41) is 11.8. The van der Waals surface area contributed by atoms with E-state index in [-0.39, 0.29) is 31.9 Å². The standard InChI is InChI=1S/C20H18F2N2O6/c21-19(22)20-6-7-29-10-13(20)24-8-12(18(27)28)15(25)16(14(24)17(26)23-20)30-9-11-4-2-1-3-5-11/h1-5,8,13,19H,6-7,9-10H2,(H,23,26)(H,27,28)/t13?,20-/m1/s1. The van der Waals surface area contributed by atoms with Crippen LogP contribution in [0.3, 0.4) is 0 Å². The molecule has 2 aliphatic heterocycles. The van der Waals surface area contributed by atoms with Crippen LogP contribution >= 0.6 is 0 Å². The number of carbonyl (C=O) groups excluding carboxylic acids is 1. The van der Waals surface area contributed by atoms with Crippen LogP contribution in [-0.4, -0.2) is 46.7 Å². The molecule has 2 aliphatic rings. The van der Waals surface area contributed by atoms with Gasteiger partial charge in [0.15, 0.2) is 11.4 Å². The van der Waals surface area contributed by atoms with Crippen molar-refractivity contribution in [2.24, 2.45) is 0 Å². The molecule has 0 saturated carbocycles. The smallest absolute Gasteiger partial charge is 0.341 e. The summed E-state index contributed by atoms with van der Waals surface area (Å²) in [4.78, 5) is 37.2. The Labute approximate surface area is 169 Å². The number of hydrogen-bond donors (Lipinski definition) is 2. The normalized spacial score (nSPS) is 22.8. The maximum absolute atomic E-state index is 14.0. The highest BCUT2D eigenvalue weighted by Gasteiger charge is 2.55. The van der Waals surface area contributed by atoms with Crippen LogP contribution in [0.15, 0.2) is 41.3 Å². The summed E-state index contributed by atoms with van der Waals surface area (Å²) in [5.41, 5.74) is -3.22. The van der Waals surface area contributed by atoms with E-state index in [1.807, 2.05) is 0 Å². The Morgan fingerprint density at radius 3 is 2.73 bits per heavy atom. The van der Waals surface area contributed by atoms with E-state index in [1.165, 1.54) is 0 Å². The third-order valence-electron chi connectivity index (χ3n) is 5.47. The van der Waals surface area contributed by atoms with Crippen molar-refractivity contribution in [1.82, 2.24) is 9.88 Å². The summed E-state index contributed by atoms with van der Waals surface area (Å²) >= 11 is 0. The van der Waals surface area contributed by atoms with Gasteiger partial charge in [-0.25, -0.2) is 13.6 Å². The number of nitrogens with one attached hydrogen (secondary N) is 1. The summed E-state index contributed by atoms with van der Waals surface area (Å²) in [5.74, 6) is -2.97. The van der Waals surface area contributed by atoms with Crippen LogP contribution in [0.4, 0.5) is 8.78 Å². The van der Waals surface area contributed by atoms with Gasteiger partial charge in [-0.05, 0) is 5.56 Å². The average molecular weight is 420 g/mol. The molecular weight excluding hydrogens is 402 g/mol. The Kier molecular flexibility index (Phi) is 5.02. The fourth-order valence-corrected chi connectivity index (χ4v) is 3.90. The third-order valence-corrected chi connectivity index (χ3v) is 5.47. The lowest BCUT2D eigenvalue weighted by molar-refractivity contribution is -0.0831. The molecule has 2 aromatic rings. The average Bonchev–Trinajstić information content (AvgIpc) is 2.73. The van der Waals surface area contributed by atoms with E-state index in [1.54, 1.807) is 30.3 Å². The maximum Gasteiger partial charge on any atom is 0.341 e. The predicted molar refractivity (Wildman–Crippen MR) is 99.1 cm³/mol. The second-order valence-corrected chi connectivity index (χ2v) is 7.17. The van der Waals surface area contributed by atoms with Gasteiger partial charge in [0.05, 0.1) is 12.6 Å².